The number of halogens is 1. The standard InChI is InChI=1S/C24H18ClN3O2S/c25-19-8-4-5-17(15-19)16-22(28-23(29)18-6-2-1-3-7-18)24(30)27-20-9-11-21(12-10-20)31-14-13-26/h1-12,15-16H,14H2,(H,27,30)(H,28,29)/b22-16-. The summed E-state index contributed by atoms with van der Waals surface area (Å²) in [5, 5.41) is 14.7. The van der Waals surface area contributed by atoms with E-state index in [4.69, 9.17) is 16.9 Å². The van der Waals surface area contributed by atoms with Crippen LogP contribution in [-0.4, -0.2) is 17.6 Å². The average molecular weight is 448 g/mol. The van der Waals surface area contributed by atoms with Gasteiger partial charge in [-0.15, -0.1) is 11.8 Å². The van der Waals surface area contributed by atoms with Gasteiger partial charge in [-0.2, -0.15) is 5.26 Å². The van der Waals surface area contributed by atoms with Gasteiger partial charge in [-0.05, 0) is 60.2 Å². The summed E-state index contributed by atoms with van der Waals surface area (Å²) in [6, 6.07) is 24.8. The number of amides is 2. The van der Waals surface area contributed by atoms with E-state index in [-0.39, 0.29) is 5.70 Å². The minimum absolute atomic E-state index is 0.0825. The number of thioether (sulfide) groups is 1. The van der Waals surface area contributed by atoms with E-state index in [2.05, 4.69) is 16.7 Å². The first-order chi connectivity index (χ1) is 15.0. The van der Waals surface area contributed by atoms with E-state index in [1.165, 1.54) is 11.8 Å². The van der Waals surface area contributed by atoms with Crippen LogP contribution in [0, 0.1) is 11.3 Å². The SMILES string of the molecule is N#CCSc1ccc(NC(=O)/C(=C/c2cccc(Cl)c2)NC(=O)c2ccccc2)cc1. The van der Waals surface area contributed by atoms with Gasteiger partial charge < -0.3 is 10.6 Å². The molecule has 0 atom stereocenters. The molecule has 2 N–H and O–H groups in total. The molecule has 7 heteroatoms. The van der Waals surface area contributed by atoms with Crippen LogP contribution < -0.4 is 10.6 Å². The van der Waals surface area contributed by atoms with E-state index in [0.29, 0.717) is 27.6 Å². The summed E-state index contributed by atoms with van der Waals surface area (Å²) in [5.74, 6) is -0.516. The van der Waals surface area contributed by atoms with Crippen molar-refractivity contribution in [3.8, 4) is 6.07 Å². The lowest BCUT2D eigenvalue weighted by molar-refractivity contribution is -0.113. The molecule has 154 valence electrons. The molecule has 3 aromatic rings. The van der Waals surface area contributed by atoms with E-state index >= 15 is 0 Å². The molecule has 0 aromatic heterocycles. The molecule has 0 spiro atoms. The van der Waals surface area contributed by atoms with Crippen molar-refractivity contribution < 1.29 is 9.59 Å². The Morgan fingerprint density at radius 2 is 1.74 bits per heavy atom. The van der Waals surface area contributed by atoms with Crippen LogP contribution in [-0.2, 0) is 4.79 Å². The van der Waals surface area contributed by atoms with E-state index in [1.54, 1.807) is 66.7 Å². The maximum atomic E-state index is 13.0. The zero-order valence-electron chi connectivity index (χ0n) is 16.3. The van der Waals surface area contributed by atoms with Crippen LogP contribution in [0.3, 0.4) is 0 Å². The van der Waals surface area contributed by atoms with Crippen molar-refractivity contribution in [2.24, 2.45) is 0 Å². The predicted octanol–water partition coefficient (Wildman–Crippen LogP) is 5.37. The predicted molar refractivity (Wildman–Crippen MR) is 125 cm³/mol. The first-order valence-corrected chi connectivity index (χ1v) is 10.7. The quantitative estimate of drug-likeness (QED) is 0.377. The lowest BCUT2D eigenvalue weighted by Crippen LogP contribution is -2.30. The van der Waals surface area contributed by atoms with Gasteiger partial charge in [0.2, 0.25) is 0 Å². The molecular formula is C24H18ClN3O2S. The van der Waals surface area contributed by atoms with Crippen LogP contribution in [0.5, 0.6) is 0 Å². The Morgan fingerprint density at radius 1 is 1.00 bits per heavy atom. The number of nitrogens with one attached hydrogen (secondary N) is 2. The summed E-state index contributed by atoms with van der Waals surface area (Å²) in [7, 11) is 0. The van der Waals surface area contributed by atoms with Gasteiger partial charge in [0.05, 0.1) is 11.8 Å². The average Bonchev–Trinajstić information content (AvgIpc) is 2.78. The number of hydrogen-bond donors (Lipinski definition) is 2. The second kappa shape index (κ2) is 11.0. The number of carbonyl (C=O) groups is 2. The highest BCUT2D eigenvalue weighted by Gasteiger charge is 2.15. The van der Waals surface area contributed by atoms with Crippen molar-refractivity contribution in [1.29, 1.82) is 5.26 Å². The molecule has 0 saturated carbocycles. The molecule has 0 radical (unpaired) electrons. The van der Waals surface area contributed by atoms with Gasteiger partial charge in [0, 0.05) is 21.2 Å². The summed E-state index contributed by atoms with van der Waals surface area (Å²) in [6.45, 7) is 0. The zero-order valence-corrected chi connectivity index (χ0v) is 17.9. The van der Waals surface area contributed by atoms with Gasteiger partial charge >= 0.3 is 0 Å². The monoisotopic (exact) mass is 447 g/mol. The highest BCUT2D eigenvalue weighted by Crippen LogP contribution is 2.20. The summed E-state index contributed by atoms with van der Waals surface area (Å²) in [6.07, 6.45) is 1.57. The van der Waals surface area contributed by atoms with Crippen molar-refractivity contribution in [3.05, 3.63) is 101 Å². The normalized spacial score (nSPS) is 10.8. The highest BCUT2D eigenvalue weighted by atomic mass is 35.5. The van der Waals surface area contributed by atoms with Gasteiger partial charge in [-0.25, -0.2) is 0 Å². The molecule has 3 rings (SSSR count). The van der Waals surface area contributed by atoms with E-state index in [0.717, 1.165) is 4.90 Å². The van der Waals surface area contributed by atoms with Gasteiger partial charge in [0.1, 0.15) is 5.70 Å². The van der Waals surface area contributed by atoms with Crippen molar-refractivity contribution in [2.45, 2.75) is 4.90 Å². The van der Waals surface area contributed by atoms with Crippen LogP contribution in [0.25, 0.3) is 6.08 Å². The molecule has 0 aliphatic rings. The number of carbonyl (C=O) groups excluding carboxylic acids is 2. The fraction of sp³-hybridized carbons (Fsp3) is 0.0417. The molecule has 0 aliphatic carbocycles. The van der Waals surface area contributed by atoms with Crippen LogP contribution >= 0.6 is 23.4 Å². The first kappa shape index (κ1) is 22.2. The lowest BCUT2D eigenvalue weighted by Gasteiger charge is -2.12. The molecule has 2 amide bonds. The van der Waals surface area contributed by atoms with Crippen LogP contribution in [0.2, 0.25) is 5.02 Å². The zero-order chi connectivity index (χ0) is 22.1. The Morgan fingerprint density at radius 3 is 2.42 bits per heavy atom. The Hall–Kier alpha value is -3.53. The van der Waals surface area contributed by atoms with Gasteiger partial charge in [0.15, 0.2) is 0 Å². The lowest BCUT2D eigenvalue weighted by atomic mass is 10.1. The molecule has 0 heterocycles. The van der Waals surface area contributed by atoms with Crippen LogP contribution in [0.1, 0.15) is 15.9 Å². The number of benzene rings is 3. The molecular weight excluding hydrogens is 430 g/mol. The molecule has 3 aromatic carbocycles. The highest BCUT2D eigenvalue weighted by molar-refractivity contribution is 7.99. The van der Waals surface area contributed by atoms with Crippen LogP contribution in [0.15, 0.2) is 89.5 Å². The molecule has 0 aliphatic heterocycles. The third-order valence-corrected chi connectivity index (χ3v) is 5.22. The first-order valence-electron chi connectivity index (χ1n) is 9.30. The summed E-state index contributed by atoms with van der Waals surface area (Å²) < 4.78 is 0. The van der Waals surface area contributed by atoms with Gasteiger partial charge in [0.25, 0.3) is 11.8 Å². The fourth-order valence-corrected chi connectivity index (χ4v) is 3.41. The molecule has 5 nitrogen and oxygen atoms in total. The smallest absolute Gasteiger partial charge is 0.272 e. The molecule has 0 unspecified atom stereocenters. The van der Waals surface area contributed by atoms with Gasteiger partial charge in [-0.1, -0.05) is 41.9 Å². The Kier molecular flexibility index (Phi) is 7.88. The maximum absolute atomic E-state index is 13.0. The Bertz CT molecular complexity index is 1140. The number of nitriles is 1. The summed E-state index contributed by atoms with van der Waals surface area (Å²) in [4.78, 5) is 26.5. The number of nitrogens with zero attached hydrogens (tertiary/aromatic N) is 1. The van der Waals surface area contributed by atoms with E-state index in [1.807, 2.05) is 18.2 Å². The van der Waals surface area contributed by atoms with E-state index in [9.17, 15) is 9.59 Å². The maximum Gasteiger partial charge on any atom is 0.272 e. The van der Waals surface area contributed by atoms with Crippen molar-refractivity contribution in [1.82, 2.24) is 5.32 Å². The number of anilines is 1. The van der Waals surface area contributed by atoms with Crippen LogP contribution in [0.4, 0.5) is 5.69 Å². The molecule has 0 bridgehead atoms. The Balaban J connectivity index is 1.82. The Labute approximate surface area is 189 Å². The summed E-state index contributed by atoms with van der Waals surface area (Å²) >= 11 is 7.46. The minimum Gasteiger partial charge on any atom is -0.321 e. The third kappa shape index (κ3) is 6.75. The van der Waals surface area contributed by atoms with Gasteiger partial charge in [-0.3, -0.25) is 9.59 Å². The second-order valence-electron chi connectivity index (χ2n) is 6.36. The van der Waals surface area contributed by atoms with E-state index < -0.39 is 11.8 Å². The molecule has 0 fully saturated rings. The summed E-state index contributed by atoms with van der Waals surface area (Å²) in [5.41, 5.74) is 1.76. The fourth-order valence-electron chi connectivity index (χ4n) is 2.65. The molecule has 0 saturated heterocycles. The second-order valence-corrected chi connectivity index (χ2v) is 7.84. The van der Waals surface area contributed by atoms with Crippen molar-refractivity contribution in [3.63, 3.8) is 0 Å². The number of hydrogen-bond acceptors (Lipinski definition) is 4. The molecule has 31 heavy (non-hydrogen) atoms. The van der Waals surface area contributed by atoms with Crippen molar-refractivity contribution in [2.75, 3.05) is 11.1 Å². The van der Waals surface area contributed by atoms with Crippen molar-refractivity contribution >= 4 is 46.9 Å². The third-order valence-electron chi connectivity index (χ3n) is 4.10. The number of rotatable bonds is 7. The minimum atomic E-state index is -0.471. The topological polar surface area (TPSA) is 82.0 Å². The largest absolute Gasteiger partial charge is 0.321 e.